The van der Waals surface area contributed by atoms with Crippen molar-refractivity contribution in [2.45, 2.75) is 6.92 Å². The fourth-order valence-corrected chi connectivity index (χ4v) is 4.08. The van der Waals surface area contributed by atoms with Crippen LogP contribution in [-0.4, -0.2) is 4.57 Å². The minimum atomic E-state index is -0.222. The number of hydrogen-bond acceptors (Lipinski definition) is 5. The van der Waals surface area contributed by atoms with Crippen LogP contribution in [0.1, 0.15) is 10.4 Å². The molecular formula is C18H11N3OS2. The van der Waals surface area contributed by atoms with E-state index in [1.807, 2.05) is 60.8 Å². The molecule has 24 heavy (non-hydrogen) atoms. The first kappa shape index (κ1) is 15.9. The van der Waals surface area contributed by atoms with Gasteiger partial charge < -0.3 is 0 Å². The highest BCUT2D eigenvalue weighted by atomic mass is 32.1. The van der Waals surface area contributed by atoms with Gasteiger partial charge in [0.15, 0.2) is 5.57 Å². The van der Waals surface area contributed by atoms with Gasteiger partial charge in [0.25, 0.3) is 5.56 Å². The van der Waals surface area contributed by atoms with Crippen molar-refractivity contribution in [3.05, 3.63) is 71.8 Å². The molecule has 0 aliphatic carbocycles. The van der Waals surface area contributed by atoms with E-state index in [4.69, 9.17) is 0 Å². The monoisotopic (exact) mass is 349 g/mol. The minimum Gasteiger partial charge on any atom is -0.267 e. The zero-order valence-corrected chi connectivity index (χ0v) is 14.3. The number of aromatic nitrogens is 1. The number of nitrogens with zero attached hydrogens (tertiary/aromatic N) is 3. The van der Waals surface area contributed by atoms with Gasteiger partial charge in [-0.05, 0) is 36.1 Å². The molecule has 0 aliphatic heterocycles. The van der Waals surface area contributed by atoms with Crippen LogP contribution in [0.25, 0.3) is 17.3 Å². The van der Waals surface area contributed by atoms with Crippen LogP contribution in [0.15, 0.2) is 46.6 Å². The van der Waals surface area contributed by atoms with Crippen LogP contribution < -0.4 is 14.8 Å². The molecule has 2 aromatic heterocycles. The Balaban J connectivity index is 2.46. The molecule has 0 saturated heterocycles. The van der Waals surface area contributed by atoms with Gasteiger partial charge in [0.1, 0.15) is 16.8 Å². The first-order valence-electron chi connectivity index (χ1n) is 7.03. The molecule has 0 spiro atoms. The fourth-order valence-electron chi connectivity index (χ4n) is 2.31. The Kier molecular flexibility index (Phi) is 4.43. The summed E-state index contributed by atoms with van der Waals surface area (Å²) in [6.45, 7) is 1.89. The third kappa shape index (κ3) is 2.81. The first-order valence-corrected chi connectivity index (χ1v) is 8.73. The molecular weight excluding hydrogens is 338 g/mol. The van der Waals surface area contributed by atoms with Crippen molar-refractivity contribution in [1.82, 2.24) is 4.57 Å². The smallest absolute Gasteiger partial charge is 0.267 e. The van der Waals surface area contributed by atoms with E-state index in [0.29, 0.717) is 14.9 Å². The minimum absolute atomic E-state index is 0.0637. The maximum Gasteiger partial charge on any atom is 0.273 e. The Bertz CT molecular complexity index is 1140. The second kappa shape index (κ2) is 6.67. The van der Waals surface area contributed by atoms with E-state index in [1.54, 1.807) is 6.08 Å². The molecule has 2 heterocycles. The summed E-state index contributed by atoms with van der Waals surface area (Å²) in [6.07, 6.45) is 1.79. The van der Waals surface area contributed by atoms with Crippen molar-refractivity contribution < 1.29 is 0 Å². The molecule has 0 aliphatic rings. The summed E-state index contributed by atoms with van der Waals surface area (Å²) >= 11 is 2.69. The van der Waals surface area contributed by atoms with Gasteiger partial charge in [-0.15, -0.1) is 22.7 Å². The molecule has 116 valence electrons. The maximum absolute atomic E-state index is 12.9. The topological polar surface area (TPSA) is 69.6 Å². The normalized spacial score (nSPS) is 11.0. The van der Waals surface area contributed by atoms with Crippen molar-refractivity contribution >= 4 is 34.3 Å². The van der Waals surface area contributed by atoms with E-state index >= 15 is 0 Å². The van der Waals surface area contributed by atoms with Gasteiger partial charge in [0.05, 0.1) is 10.2 Å². The van der Waals surface area contributed by atoms with E-state index in [9.17, 15) is 15.3 Å². The summed E-state index contributed by atoms with van der Waals surface area (Å²) < 4.78 is 2.32. The molecule has 0 unspecified atom stereocenters. The molecule has 0 amide bonds. The third-order valence-corrected chi connectivity index (χ3v) is 5.35. The zero-order chi connectivity index (χ0) is 17.1. The number of para-hydroxylation sites is 1. The lowest BCUT2D eigenvalue weighted by Gasteiger charge is -2.05. The van der Waals surface area contributed by atoms with Gasteiger partial charge in [0, 0.05) is 4.88 Å². The van der Waals surface area contributed by atoms with Gasteiger partial charge in [-0.1, -0.05) is 24.3 Å². The molecule has 3 rings (SSSR count). The molecule has 6 heteroatoms. The van der Waals surface area contributed by atoms with E-state index < -0.39 is 0 Å². The van der Waals surface area contributed by atoms with Crippen LogP contribution in [0.4, 0.5) is 0 Å². The van der Waals surface area contributed by atoms with Gasteiger partial charge in [0.2, 0.25) is 0 Å². The summed E-state index contributed by atoms with van der Waals surface area (Å²) in [5.74, 6) is 0. The molecule has 0 N–H and O–H groups in total. The fraction of sp³-hybridized carbons (Fsp3) is 0.0556. The van der Waals surface area contributed by atoms with Crippen LogP contribution in [0.2, 0.25) is 0 Å². The number of rotatable bonds is 2. The third-order valence-electron chi connectivity index (χ3n) is 3.43. The highest BCUT2D eigenvalue weighted by Gasteiger charge is 2.12. The molecule has 4 nitrogen and oxygen atoms in total. The molecule has 0 bridgehead atoms. The average Bonchev–Trinajstić information content (AvgIpc) is 3.19. The lowest BCUT2D eigenvalue weighted by Crippen LogP contribution is -2.31. The molecule has 0 fully saturated rings. The molecule has 0 saturated carbocycles. The maximum atomic E-state index is 12.9. The van der Waals surface area contributed by atoms with Gasteiger partial charge in [-0.25, -0.2) is 0 Å². The molecule has 0 radical (unpaired) electrons. The van der Waals surface area contributed by atoms with Crippen molar-refractivity contribution in [3.8, 4) is 17.8 Å². The lowest BCUT2D eigenvalue weighted by molar-refractivity contribution is 0.975. The summed E-state index contributed by atoms with van der Waals surface area (Å²) in [4.78, 5) is 13.9. The zero-order valence-electron chi connectivity index (χ0n) is 12.7. The number of thiophene rings is 1. The highest BCUT2D eigenvalue weighted by Crippen LogP contribution is 2.11. The van der Waals surface area contributed by atoms with Crippen molar-refractivity contribution in [1.29, 1.82) is 10.5 Å². The Hall–Kier alpha value is -2.93. The summed E-state index contributed by atoms with van der Waals surface area (Å²) in [5.41, 5.74) is 1.30. The van der Waals surface area contributed by atoms with Crippen molar-refractivity contribution in [3.63, 3.8) is 0 Å². The SMILES string of the molecule is Cc1ccccc1-n1c(=C(C#N)C#N)s/c(=C/c2cccs2)c1=O. The van der Waals surface area contributed by atoms with E-state index in [1.165, 1.54) is 15.9 Å². The number of hydrogen-bond donors (Lipinski definition) is 0. The largest absolute Gasteiger partial charge is 0.273 e. The van der Waals surface area contributed by atoms with Gasteiger partial charge in [-0.2, -0.15) is 10.5 Å². The highest BCUT2D eigenvalue weighted by molar-refractivity contribution is 7.11. The first-order chi connectivity index (χ1) is 11.7. The predicted molar refractivity (Wildman–Crippen MR) is 96.4 cm³/mol. The van der Waals surface area contributed by atoms with Crippen LogP contribution in [0, 0.1) is 29.6 Å². The predicted octanol–water partition coefficient (Wildman–Crippen LogP) is 2.30. The van der Waals surface area contributed by atoms with Crippen molar-refractivity contribution in [2.75, 3.05) is 0 Å². The Morgan fingerprint density at radius 1 is 1.17 bits per heavy atom. The van der Waals surface area contributed by atoms with Crippen LogP contribution in [-0.2, 0) is 0 Å². The van der Waals surface area contributed by atoms with Crippen molar-refractivity contribution in [2.24, 2.45) is 0 Å². The summed E-state index contributed by atoms with van der Waals surface area (Å²) in [7, 11) is 0. The second-order valence-electron chi connectivity index (χ2n) is 4.96. The van der Waals surface area contributed by atoms with Gasteiger partial charge in [-0.3, -0.25) is 9.36 Å². The van der Waals surface area contributed by atoms with Gasteiger partial charge >= 0.3 is 0 Å². The van der Waals surface area contributed by atoms with Crippen LogP contribution in [0.5, 0.6) is 0 Å². The lowest BCUT2D eigenvalue weighted by atomic mass is 10.2. The Morgan fingerprint density at radius 3 is 2.54 bits per heavy atom. The standard InChI is InChI=1S/C18H11N3OS2/c1-12-5-2-3-7-15(12)21-17(22)16(9-14-6-4-8-23-14)24-18(21)13(10-19)11-20/h2-9H,1H3/b16-9+. The molecule has 0 atom stereocenters. The number of aryl methyl sites for hydroxylation is 1. The van der Waals surface area contributed by atoms with E-state index in [0.717, 1.165) is 21.8 Å². The Morgan fingerprint density at radius 2 is 1.92 bits per heavy atom. The van der Waals surface area contributed by atoms with Crippen LogP contribution in [0.3, 0.4) is 0 Å². The molecule has 3 aromatic rings. The van der Waals surface area contributed by atoms with E-state index in [-0.39, 0.29) is 11.1 Å². The number of nitriles is 2. The van der Waals surface area contributed by atoms with Crippen LogP contribution >= 0.6 is 22.7 Å². The Labute approximate surface area is 146 Å². The quantitative estimate of drug-likeness (QED) is 0.713. The second-order valence-corrected chi connectivity index (χ2v) is 6.97. The number of thiazole rings is 1. The molecule has 1 aromatic carbocycles. The summed E-state index contributed by atoms with van der Waals surface area (Å²) in [6, 6.07) is 15.0. The van der Waals surface area contributed by atoms with E-state index in [2.05, 4.69) is 0 Å². The number of benzene rings is 1. The summed E-state index contributed by atoms with van der Waals surface area (Å²) in [5, 5.41) is 20.4. The average molecular weight is 349 g/mol.